The van der Waals surface area contributed by atoms with Gasteiger partial charge in [0.15, 0.2) is 0 Å². The zero-order valence-electron chi connectivity index (χ0n) is 10.9. The average molecular weight is 315 g/mol. The van der Waals surface area contributed by atoms with Gasteiger partial charge in [0.1, 0.15) is 0 Å². The maximum Gasteiger partial charge on any atom is 0.254 e. The van der Waals surface area contributed by atoms with Crippen LogP contribution < -0.4 is 5.73 Å². The van der Waals surface area contributed by atoms with E-state index in [1.54, 1.807) is 30.2 Å². The summed E-state index contributed by atoms with van der Waals surface area (Å²) in [7, 11) is 1.63. The lowest BCUT2D eigenvalue weighted by Gasteiger charge is -2.27. The van der Waals surface area contributed by atoms with Crippen LogP contribution in [0.5, 0.6) is 0 Å². The minimum absolute atomic E-state index is 0.0266. The minimum atomic E-state index is -0.0266. The second-order valence-corrected chi connectivity index (χ2v) is 4.99. The third-order valence-electron chi connectivity index (χ3n) is 2.78. The molecule has 1 amide bonds. The number of nitrogens with zero attached hydrogens (tertiary/aromatic N) is 1. The van der Waals surface area contributed by atoms with Crippen molar-refractivity contribution in [2.75, 3.05) is 26.0 Å². The van der Waals surface area contributed by atoms with E-state index >= 15 is 0 Å². The molecule has 1 aromatic carbocycles. The summed E-state index contributed by atoms with van der Waals surface area (Å²) in [6.07, 6.45) is 0. The molecule has 0 saturated heterocycles. The van der Waals surface area contributed by atoms with E-state index in [0.717, 1.165) is 4.47 Å². The summed E-state index contributed by atoms with van der Waals surface area (Å²) in [4.78, 5) is 14.1. The van der Waals surface area contributed by atoms with Crippen molar-refractivity contribution < 1.29 is 9.53 Å². The predicted octanol–water partition coefficient (Wildman–Crippen LogP) is 2.53. The van der Waals surface area contributed by atoms with Crippen molar-refractivity contribution in [1.29, 1.82) is 0 Å². The van der Waals surface area contributed by atoms with Crippen molar-refractivity contribution in [3.05, 3.63) is 28.2 Å². The predicted molar refractivity (Wildman–Crippen MR) is 76.6 cm³/mol. The summed E-state index contributed by atoms with van der Waals surface area (Å²) in [5, 5.41) is 0. The number of hydrogen-bond acceptors (Lipinski definition) is 3. The maximum atomic E-state index is 12.4. The summed E-state index contributed by atoms with van der Waals surface area (Å²) in [5.41, 5.74) is 6.96. The maximum absolute atomic E-state index is 12.4. The highest BCUT2D eigenvalue weighted by molar-refractivity contribution is 9.10. The van der Waals surface area contributed by atoms with E-state index in [-0.39, 0.29) is 11.9 Å². The molecule has 1 unspecified atom stereocenters. The van der Waals surface area contributed by atoms with Crippen LogP contribution in [0.15, 0.2) is 22.7 Å². The number of rotatable bonds is 5. The molecule has 4 nitrogen and oxygen atoms in total. The molecular formula is C13H19BrN2O2. The lowest BCUT2D eigenvalue weighted by Crippen LogP contribution is -2.40. The summed E-state index contributed by atoms with van der Waals surface area (Å²) < 4.78 is 5.89. The Hall–Kier alpha value is -1.07. The van der Waals surface area contributed by atoms with Crippen molar-refractivity contribution in [1.82, 2.24) is 4.90 Å². The molecule has 0 heterocycles. The third kappa shape index (κ3) is 3.46. The molecule has 18 heavy (non-hydrogen) atoms. The molecule has 2 N–H and O–H groups in total. The van der Waals surface area contributed by atoms with Gasteiger partial charge in [-0.25, -0.2) is 0 Å². The first-order valence-electron chi connectivity index (χ1n) is 5.86. The van der Waals surface area contributed by atoms with Crippen LogP contribution in [0, 0.1) is 0 Å². The Kier molecular flexibility index (Phi) is 5.62. The van der Waals surface area contributed by atoms with Gasteiger partial charge < -0.3 is 15.4 Å². The SMILES string of the molecule is CCN(C(=O)c1ccc(Br)c(N)c1)C(C)COC. The molecule has 1 rings (SSSR count). The van der Waals surface area contributed by atoms with Gasteiger partial charge in [0.05, 0.1) is 12.6 Å². The zero-order valence-corrected chi connectivity index (χ0v) is 12.5. The average Bonchev–Trinajstić information content (AvgIpc) is 2.33. The summed E-state index contributed by atoms with van der Waals surface area (Å²) in [5.74, 6) is -0.0266. The zero-order chi connectivity index (χ0) is 13.7. The molecule has 0 bridgehead atoms. The molecule has 0 aliphatic carbocycles. The van der Waals surface area contributed by atoms with Gasteiger partial charge in [0, 0.05) is 29.4 Å². The van der Waals surface area contributed by atoms with E-state index in [9.17, 15) is 4.79 Å². The fourth-order valence-electron chi connectivity index (χ4n) is 1.83. The van der Waals surface area contributed by atoms with Gasteiger partial charge >= 0.3 is 0 Å². The van der Waals surface area contributed by atoms with E-state index in [1.165, 1.54) is 0 Å². The van der Waals surface area contributed by atoms with Crippen molar-refractivity contribution in [3.63, 3.8) is 0 Å². The first kappa shape index (κ1) is 15.0. The summed E-state index contributed by atoms with van der Waals surface area (Å²) >= 11 is 3.32. The fourth-order valence-corrected chi connectivity index (χ4v) is 2.08. The number of anilines is 1. The largest absolute Gasteiger partial charge is 0.398 e. The van der Waals surface area contributed by atoms with Crippen LogP contribution in [-0.2, 0) is 4.74 Å². The van der Waals surface area contributed by atoms with Crippen molar-refractivity contribution in [2.24, 2.45) is 0 Å². The monoisotopic (exact) mass is 314 g/mol. The quantitative estimate of drug-likeness (QED) is 0.850. The first-order valence-corrected chi connectivity index (χ1v) is 6.65. The number of amides is 1. The lowest BCUT2D eigenvalue weighted by atomic mass is 10.1. The van der Waals surface area contributed by atoms with Gasteiger partial charge in [0.25, 0.3) is 5.91 Å². The number of methoxy groups -OCH3 is 1. The Balaban J connectivity index is 2.92. The molecule has 1 aromatic rings. The van der Waals surface area contributed by atoms with Crippen LogP contribution in [0.1, 0.15) is 24.2 Å². The second-order valence-electron chi connectivity index (χ2n) is 4.13. The van der Waals surface area contributed by atoms with Crippen LogP contribution in [0.4, 0.5) is 5.69 Å². The number of nitrogen functional groups attached to an aromatic ring is 1. The number of ether oxygens (including phenoxy) is 1. The highest BCUT2D eigenvalue weighted by Gasteiger charge is 2.20. The minimum Gasteiger partial charge on any atom is -0.398 e. The second kappa shape index (κ2) is 6.75. The smallest absolute Gasteiger partial charge is 0.254 e. The molecule has 0 spiro atoms. The number of benzene rings is 1. The first-order chi connectivity index (χ1) is 8.51. The molecule has 0 aliphatic heterocycles. The lowest BCUT2D eigenvalue weighted by molar-refractivity contribution is 0.0579. The fraction of sp³-hybridized carbons (Fsp3) is 0.462. The van der Waals surface area contributed by atoms with E-state index in [0.29, 0.717) is 24.4 Å². The molecule has 0 fully saturated rings. The highest BCUT2D eigenvalue weighted by atomic mass is 79.9. The standard InChI is InChI=1S/C13H19BrN2O2/c1-4-16(9(2)8-18-3)13(17)10-5-6-11(14)12(15)7-10/h5-7,9H,4,8,15H2,1-3H3. The summed E-state index contributed by atoms with van der Waals surface area (Å²) in [6.45, 7) is 5.07. The van der Waals surface area contributed by atoms with Gasteiger partial charge in [0.2, 0.25) is 0 Å². The summed E-state index contributed by atoms with van der Waals surface area (Å²) in [6, 6.07) is 5.29. The molecule has 1 atom stereocenters. The van der Waals surface area contributed by atoms with Crippen LogP contribution in [-0.4, -0.2) is 37.1 Å². The van der Waals surface area contributed by atoms with Gasteiger partial charge in [-0.1, -0.05) is 0 Å². The molecule has 0 aliphatic rings. The van der Waals surface area contributed by atoms with Crippen molar-refractivity contribution in [2.45, 2.75) is 19.9 Å². The van der Waals surface area contributed by atoms with E-state index in [4.69, 9.17) is 10.5 Å². The van der Waals surface area contributed by atoms with Crippen LogP contribution in [0.2, 0.25) is 0 Å². The van der Waals surface area contributed by atoms with E-state index in [2.05, 4.69) is 15.9 Å². The van der Waals surface area contributed by atoms with E-state index < -0.39 is 0 Å². The van der Waals surface area contributed by atoms with Gasteiger partial charge in [-0.3, -0.25) is 4.79 Å². The topological polar surface area (TPSA) is 55.6 Å². The van der Waals surface area contributed by atoms with Crippen molar-refractivity contribution in [3.8, 4) is 0 Å². The van der Waals surface area contributed by atoms with Gasteiger partial charge in [-0.2, -0.15) is 0 Å². The molecule has 100 valence electrons. The van der Waals surface area contributed by atoms with Crippen LogP contribution in [0.3, 0.4) is 0 Å². The molecule has 5 heteroatoms. The Morgan fingerprint density at radius 1 is 1.56 bits per heavy atom. The highest BCUT2D eigenvalue weighted by Crippen LogP contribution is 2.21. The van der Waals surface area contributed by atoms with Crippen LogP contribution in [0.25, 0.3) is 0 Å². The number of likely N-dealkylation sites (N-methyl/N-ethyl adjacent to an activating group) is 1. The third-order valence-corrected chi connectivity index (χ3v) is 3.51. The van der Waals surface area contributed by atoms with Gasteiger partial charge in [-0.15, -0.1) is 0 Å². The number of carbonyl (C=O) groups excluding carboxylic acids is 1. The molecule has 0 saturated carbocycles. The van der Waals surface area contributed by atoms with E-state index in [1.807, 2.05) is 13.8 Å². The van der Waals surface area contributed by atoms with Crippen molar-refractivity contribution >= 4 is 27.5 Å². The number of hydrogen-bond donors (Lipinski definition) is 1. The Bertz CT molecular complexity index is 423. The molecule has 0 aromatic heterocycles. The number of nitrogens with two attached hydrogens (primary N) is 1. The Labute approximate surface area is 116 Å². The van der Waals surface area contributed by atoms with Crippen LogP contribution >= 0.6 is 15.9 Å². The number of carbonyl (C=O) groups is 1. The van der Waals surface area contributed by atoms with Gasteiger partial charge in [-0.05, 0) is 48.0 Å². The Morgan fingerprint density at radius 3 is 2.72 bits per heavy atom. The normalized spacial score (nSPS) is 12.2. The molecule has 0 radical (unpaired) electrons. The number of halogens is 1. The molecular weight excluding hydrogens is 296 g/mol. The Morgan fingerprint density at radius 2 is 2.22 bits per heavy atom.